The normalized spacial score (nSPS) is 10.4. The number of thioether (sulfide) groups is 1. The van der Waals surface area contributed by atoms with E-state index in [0.717, 1.165) is 9.90 Å². The Balaban J connectivity index is 2.18. The van der Waals surface area contributed by atoms with Crippen molar-refractivity contribution in [2.75, 3.05) is 7.11 Å². The monoisotopic (exact) mass is 282 g/mol. The Morgan fingerprint density at radius 3 is 2.89 bits per heavy atom. The molecule has 0 saturated heterocycles. The van der Waals surface area contributed by atoms with E-state index in [0.29, 0.717) is 17.0 Å². The van der Waals surface area contributed by atoms with E-state index in [-0.39, 0.29) is 0 Å². The van der Waals surface area contributed by atoms with Crippen LogP contribution in [0.5, 0.6) is 5.75 Å². The fraction of sp³-hybridized carbons (Fsp3) is 0.200. The SMILES string of the molecule is COc1ccc(B(O)O)c(CSc2ncns2)c1. The molecule has 0 fully saturated rings. The smallest absolute Gasteiger partial charge is 0.488 e. The van der Waals surface area contributed by atoms with Crippen molar-refractivity contribution in [1.82, 2.24) is 9.36 Å². The highest BCUT2D eigenvalue weighted by Gasteiger charge is 2.17. The molecule has 5 nitrogen and oxygen atoms in total. The van der Waals surface area contributed by atoms with Gasteiger partial charge in [-0.2, -0.15) is 4.37 Å². The number of rotatable bonds is 5. The van der Waals surface area contributed by atoms with E-state index in [1.807, 2.05) is 0 Å². The van der Waals surface area contributed by atoms with Crippen LogP contribution in [-0.2, 0) is 5.75 Å². The van der Waals surface area contributed by atoms with Crippen LogP contribution in [0.15, 0.2) is 28.9 Å². The Labute approximate surface area is 113 Å². The average molecular weight is 282 g/mol. The Bertz CT molecular complexity index is 508. The second-order valence-electron chi connectivity index (χ2n) is 3.43. The van der Waals surface area contributed by atoms with Crippen molar-refractivity contribution in [3.05, 3.63) is 30.1 Å². The van der Waals surface area contributed by atoms with Crippen LogP contribution in [0.3, 0.4) is 0 Å². The minimum atomic E-state index is -1.49. The van der Waals surface area contributed by atoms with E-state index >= 15 is 0 Å². The van der Waals surface area contributed by atoms with Crippen LogP contribution in [0.1, 0.15) is 5.56 Å². The van der Waals surface area contributed by atoms with Gasteiger partial charge < -0.3 is 14.8 Å². The molecule has 1 aromatic carbocycles. The minimum Gasteiger partial charge on any atom is -0.497 e. The average Bonchev–Trinajstić information content (AvgIpc) is 2.88. The van der Waals surface area contributed by atoms with Gasteiger partial charge in [-0.15, -0.1) is 0 Å². The molecule has 18 heavy (non-hydrogen) atoms. The van der Waals surface area contributed by atoms with E-state index in [2.05, 4.69) is 9.36 Å². The Morgan fingerprint density at radius 1 is 1.44 bits per heavy atom. The van der Waals surface area contributed by atoms with E-state index < -0.39 is 7.12 Å². The topological polar surface area (TPSA) is 75.5 Å². The predicted molar refractivity (Wildman–Crippen MR) is 72.3 cm³/mol. The van der Waals surface area contributed by atoms with Gasteiger partial charge in [-0.1, -0.05) is 17.8 Å². The molecule has 0 aliphatic heterocycles. The zero-order chi connectivity index (χ0) is 13.0. The molecule has 0 amide bonds. The molecule has 0 radical (unpaired) electrons. The van der Waals surface area contributed by atoms with Crippen LogP contribution in [0, 0.1) is 0 Å². The molecule has 0 unspecified atom stereocenters. The number of ether oxygens (including phenoxy) is 1. The van der Waals surface area contributed by atoms with Gasteiger partial charge in [0.15, 0.2) is 4.34 Å². The zero-order valence-electron chi connectivity index (χ0n) is 9.61. The summed E-state index contributed by atoms with van der Waals surface area (Å²) in [6.07, 6.45) is 1.50. The van der Waals surface area contributed by atoms with Crippen molar-refractivity contribution in [2.45, 2.75) is 10.1 Å². The molecule has 0 bridgehead atoms. The van der Waals surface area contributed by atoms with Crippen LogP contribution in [-0.4, -0.2) is 33.6 Å². The zero-order valence-corrected chi connectivity index (χ0v) is 11.2. The summed E-state index contributed by atoms with van der Waals surface area (Å²) in [6.45, 7) is 0. The van der Waals surface area contributed by atoms with Crippen molar-refractivity contribution in [3.8, 4) is 5.75 Å². The summed E-state index contributed by atoms with van der Waals surface area (Å²) in [5.41, 5.74) is 1.29. The summed E-state index contributed by atoms with van der Waals surface area (Å²) in [6, 6.07) is 5.15. The first-order valence-electron chi connectivity index (χ1n) is 5.13. The van der Waals surface area contributed by atoms with Crippen molar-refractivity contribution >= 4 is 35.9 Å². The lowest BCUT2D eigenvalue weighted by Gasteiger charge is -2.09. The molecule has 94 valence electrons. The third-order valence-electron chi connectivity index (χ3n) is 2.32. The number of aromatic nitrogens is 2. The number of hydrogen-bond donors (Lipinski definition) is 2. The molecule has 2 rings (SSSR count). The summed E-state index contributed by atoms with van der Waals surface area (Å²) >= 11 is 2.81. The summed E-state index contributed by atoms with van der Waals surface area (Å²) in [5, 5.41) is 18.6. The maximum Gasteiger partial charge on any atom is 0.488 e. The van der Waals surface area contributed by atoms with Gasteiger partial charge in [-0.25, -0.2) is 4.98 Å². The summed E-state index contributed by atoms with van der Waals surface area (Å²) in [7, 11) is 0.0902. The number of nitrogens with zero attached hydrogens (tertiary/aromatic N) is 2. The molecule has 1 heterocycles. The highest BCUT2D eigenvalue weighted by molar-refractivity contribution is 8.00. The largest absolute Gasteiger partial charge is 0.497 e. The Hall–Kier alpha value is -1.09. The molecule has 0 aliphatic rings. The lowest BCUT2D eigenvalue weighted by Crippen LogP contribution is -2.32. The van der Waals surface area contributed by atoms with Crippen LogP contribution in [0.2, 0.25) is 0 Å². The first kappa shape index (κ1) is 13.3. The predicted octanol–water partition coefficient (Wildman–Crippen LogP) is 0.519. The Kier molecular flexibility index (Phi) is 4.59. The van der Waals surface area contributed by atoms with Gasteiger partial charge in [0.05, 0.1) is 7.11 Å². The maximum atomic E-state index is 9.31. The van der Waals surface area contributed by atoms with Crippen LogP contribution in [0.4, 0.5) is 0 Å². The van der Waals surface area contributed by atoms with Crippen molar-refractivity contribution in [2.24, 2.45) is 0 Å². The third kappa shape index (κ3) is 3.23. The van der Waals surface area contributed by atoms with E-state index in [1.54, 1.807) is 25.3 Å². The van der Waals surface area contributed by atoms with Crippen LogP contribution in [0.25, 0.3) is 0 Å². The maximum absolute atomic E-state index is 9.31. The fourth-order valence-electron chi connectivity index (χ4n) is 1.45. The molecule has 0 atom stereocenters. The van der Waals surface area contributed by atoms with Crippen LogP contribution < -0.4 is 10.2 Å². The number of hydrogen-bond acceptors (Lipinski definition) is 7. The second-order valence-corrected chi connectivity index (χ2v) is 5.44. The summed E-state index contributed by atoms with van der Waals surface area (Å²) < 4.78 is 9.88. The molecule has 0 spiro atoms. The van der Waals surface area contributed by atoms with Gasteiger partial charge in [-0.3, -0.25) is 0 Å². The quantitative estimate of drug-likeness (QED) is 0.615. The van der Waals surface area contributed by atoms with Crippen molar-refractivity contribution in [1.29, 1.82) is 0 Å². The van der Waals surface area contributed by atoms with E-state index in [9.17, 15) is 10.0 Å². The molecule has 8 heteroatoms. The van der Waals surface area contributed by atoms with Crippen molar-refractivity contribution < 1.29 is 14.8 Å². The van der Waals surface area contributed by atoms with Gasteiger partial charge in [-0.05, 0) is 34.7 Å². The standard InChI is InChI=1S/C10H11BN2O3S2/c1-16-8-2-3-9(11(14)15)7(4-8)5-17-10-12-6-13-18-10/h2-4,6,14-15H,5H2,1H3. The number of methoxy groups -OCH3 is 1. The van der Waals surface area contributed by atoms with Gasteiger partial charge in [0.1, 0.15) is 12.1 Å². The molecular formula is C10H11BN2O3S2. The molecule has 2 aromatic rings. The molecule has 0 saturated carbocycles. The highest BCUT2D eigenvalue weighted by atomic mass is 32.2. The van der Waals surface area contributed by atoms with E-state index in [4.69, 9.17) is 4.74 Å². The van der Waals surface area contributed by atoms with Gasteiger partial charge in [0.25, 0.3) is 0 Å². The van der Waals surface area contributed by atoms with Crippen molar-refractivity contribution in [3.63, 3.8) is 0 Å². The molecule has 2 N–H and O–H groups in total. The van der Waals surface area contributed by atoms with Gasteiger partial charge >= 0.3 is 7.12 Å². The van der Waals surface area contributed by atoms with E-state index in [1.165, 1.54) is 29.6 Å². The second kappa shape index (κ2) is 6.19. The fourth-order valence-corrected chi connectivity index (χ4v) is 2.90. The van der Waals surface area contributed by atoms with Crippen LogP contribution >= 0.6 is 23.3 Å². The molecule has 1 aromatic heterocycles. The number of benzene rings is 1. The lowest BCUT2D eigenvalue weighted by molar-refractivity contribution is 0.413. The third-order valence-corrected chi connectivity index (χ3v) is 4.17. The first-order valence-corrected chi connectivity index (χ1v) is 6.89. The van der Waals surface area contributed by atoms with Gasteiger partial charge in [0, 0.05) is 5.75 Å². The Morgan fingerprint density at radius 2 is 2.28 bits per heavy atom. The minimum absolute atomic E-state index is 0.479. The molecular weight excluding hydrogens is 271 g/mol. The molecule has 0 aliphatic carbocycles. The summed E-state index contributed by atoms with van der Waals surface area (Å²) in [4.78, 5) is 4.06. The first-order chi connectivity index (χ1) is 8.70. The summed E-state index contributed by atoms with van der Waals surface area (Å²) in [5.74, 6) is 1.27. The van der Waals surface area contributed by atoms with Gasteiger partial charge in [0.2, 0.25) is 0 Å². The lowest BCUT2D eigenvalue weighted by atomic mass is 9.77. The highest BCUT2D eigenvalue weighted by Crippen LogP contribution is 2.24.